The molecule has 18 nitrogen and oxygen atoms in total. The Hall–Kier alpha value is -2.23. The van der Waals surface area contributed by atoms with Gasteiger partial charge in [0.1, 0.15) is 54.8 Å². The Labute approximate surface area is 223 Å². The van der Waals surface area contributed by atoms with Crippen LogP contribution in [0.25, 0.3) is 0 Å². The number of hydrogen-bond donors (Lipinski definition) is 13. The maximum atomic E-state index is 12.2. The van der Waals surface area contributed by atoms with Gasteiger partial charge >= 0.3 is 5.96 Å². The number of nitrogens with zero attached hydrogens (tertiary/aromatic N) is 1. The first-order valence-electron chi connectivity index (χ1n) is 12.3. The van der Waals surface area contributed by atoms with Gasteiger partial charge in [-0.15, -0.1) is 0 Å². The van der Waals surface area contributed by atoms with Crippen molar-refractivity contribution in [2.75, 3.05) is 13.7 Å². The number of likely N-dealkylation sites (N-methyl/N-ethyl adjacent to an activating group) is 1. The first kappa shape index (κ1) is 31.3. The highest BCUT2D eigenvalue weighted by atomic mass is 16.7. The number of aliphatic imine (C=N–C) groups is 1. The number of nitrogens with one attached hydrogen (secondary N) is 2. The van der Waals surface area contributed by atoms with Gasteiger partial charge in [0.15, 0.2) is 24.1 Å². The molecule has 39 heavy (non-hydrogen) atoms. The van der Waals surface area contributed by atoms with E-state index in [4.69, 9.17) is 37.1 Å². The van der Waals surface area contributed by atoms with Crippen molar-refractivity contribution in [3.63, 3.8) is 0 Å². The maximum absolute atomic E-state index is 12.2. The Morgan fingerprint density at radius 2 is 1.69 bits per heavy atom. The lowest BCUT2D eigenvalue weighted by atomic mass is 9.76. The molecular formula is C21H40N7O11+. The standard InChI is InChI=1S/C21H39N7O11/c1-5-21(36,4-30)7(16-9(26-2)14(34)11(31)6(3-29)38-16)18(37-5)39-17-10(28-20(24)25)12(32)8(27-19(22)23)13(33)15(17)35/h4-18,26,29,31-36H,3H2,1-2H3,(H4,22,23,27)(H4,24,25,28)/p+1. The van der Waals surface area contributed by atoms with Gasteiger partial charge in [0.2, 0.25) is 0 Å². The lowest BCUT2D eigenvalue weighted by Crippen LogP contribution is -2.92. The van der Waals surface area contributed by atoms with Crippen molar-refractivity contribution in [1.82, 2.24) is 5.32 Å². The van der Waals surface area contributed by atoms with E-state index in [0.717, 1.165) is 0 Å². The molecule has 0 radical (unpaired) electrons. The molecule has 0 aromatic carbocycles. The van der Waals surface area contributed by atoms with Crippen LogP contribution in [-0.2, 0) is 19.0 Å². The van der Waals surface area contributed by atoms with E-state index in [2.05, 4.69) is 15.3 Å². The molecule has 15 unspecified atom stereocenters. The molecule has 0 bridgehead atoms. The minimum Gasteiger partial charge on any atom is -0.394 e. The van der Waals surface area contributed by atoms with Crippen molar-refractivity contribution in [2.45, 2.75) is 91.9 Å². The molecule has 3 rings (SSSR count). The third kappa shape index (κ3) is 5.68. The molecule has 3 aliphatic rings. The molecule has 2 saturated heterocycles. The average Bonchev–Trinajstić information content (AvgIpc) is 3.13. The summed E-state index contributed by atoms with van der Waals surface area (Å²) in [4.78, 5) is 18.6. The van der Waals surface area contributed by atoms with Crippen LogP contribution in [0.5, 0.6) is 0 Å². The Morgan fingerprint density at radius 1 is 1.05 bits per heavy atom. The van der Waals surface area contributed by atoms with Crippen molar-refractivity contribution in [3.8, 4) is 0 Å². The van der Waals surface area contributed by atoms with Crippen LogP contribution < -0.4 is 33.2 Å². The van der Waals surface area contributed by atoms with Gasteiger partial charge in [-0.25, -0.2) is 4.99 Å². The zero-order valence-electron chi connectivity index (χ0n) is 21.4. The lowest BCUT2D eigenvalue weighted by molar-refractivity contribution is -0.542. The van der Waals surface area contributed by atoms with E-state index in [0.29, 0.717) is 0 Å². The molecule has 15 atom stereocenters. The number of aliphatic hydroxyl groups is 7. The Kier molecular flexibility index (Phi) is 9.71. The molecule has 0 amide bonds. The third-order valence-electron chi connectivity index (χ3n) is 7.69. The quantitative estimate of drug-likeness (QED) is 0.0736. The molecule has 0 aromatic heterocycles. The van der Waals surface area contributed by atoms with Gasteiger partial charge in [0, 0.05) is 0 Å². The number of aliphatic hydroxyl groups excluding tert-OH is 6. The monoisotopic (exact) mass is 566 g/mol. The molecule has 224 valence electrons. The van der Waals surface area contributed by atoms with E-state index in [-0.39, 0.29) is 12.2 Å². The highest BCUT2D eigenvalue weighted by Crippen LogP contribution is 2.43. The summed E-state index contributed by atoms with van der Waals surface area (Å²) in [6, 6.07) is -3.88. The largest absolute Gasteiger partial charge is 0.394 e. The highest BCUT2D eigenvalue weighted by Gasteiger charge is 2.63. The second-order valence-corrected chi connectivity index (χ2v) is 10.0. The topological polar surface area (TPSA) is 329 Å². The summed E-state index contributed by atoms with van der Waals surface area (Å²) < 4.78 is 17.6. The second-order valence-electron chi connectivity index (χ2n) is 10.0. The predicted molar refractivity (Wildman–Crippen MR) is 130 cm³/mol. The molecule has 0 spiro atoms. The van der Waals surface area contributed by atoms with Crippen LogP contribution in [0.15, 0.2) is 4.99 Å². The Bertz CT molecular complexity index is 923. The fraction of sp³-hybridized carbons (Fsp3) is 0.857. The average molecular weight is 567 g/mol. The van der Waals surface area contributed by atoms with Crippen molar-refractivity contribution in [3.05, 3.63) is 0 Å². The van der Waals surface area contributed by atoms with Gasteiger partial charge in [-0.3, -0.25) is 16.5 Å². The number of rotatable bonds is 8. The molecule has 0 aromatic rings. The van der Waals surface area contributed by atoms with Crippen LogP contribution in [0.2, 0.25) is 0 Å². The first-order chi connectivity index (χ1) is 18.2. The van der Waals surface area contributed by atoms with Gasteiger partial charge in [-0.05, 0) is 14.0 Å². The molecule has 2 heterocycles. The van der Waals surface area contributed by atoms with E-state index in [1.165, 1.54) is 14.0 Å². The maximum Gasteiger partial charge on any atom is 0.339 e. The second kappa shape index (κ2) is 12.1. The summed E-state index contributed by atoms with van der Waals surface area (Å²) >= 11 is 0. The number of ether oxygens (including phenoxy) is 3. The van der Waals surface area contributed by atoms with Crippen molar-refractivity contribution >= 4 is 18.2 Å². The summed E-state index contributed by atoms with van der Waals surface area (Å²) in [6.45, 7) is 0.659. The molecule has 18 heteroatoms. The summed E-state index contributed by atoms with van der Waals surface area (Å²) in [5.74, 6) is -2.32. The van der Waals surface area contributed by atoms with Crippen molar-refractivity contribution < 1.29 is 59.7 Å². The van der Waals surface area contributed by atoms with Gasteiger partial charge in [-0.2, -0.15) is 0 Å². The summed E-state index contributed by atoms with van der Waals surface area (Å²) in [5.41, 5.74) is 19.7. The number of aldehydes is 1. The molecule has 1 saturated carbocycles. The summed E-state index contributed by atoms with van der Waals surface area (Å²) in [7, 11) is 1.44. The van der Waals surface area contributed by atoms with Gasteiger partial charge in [-0.1, -0.05) is 0 Å². The Morgan fingerprint density at radius 3 is 2.21 bits per heavy atom. The molecule has 1 aliphatic carbocycles. The normalized spacial score (nSPS) is 48.3. The molecular weight excluding hydrogens is 526 g/mol. The minimum absolute atomic E-state index is 0.210. The number of guanidine groups is 2. The van der Waals surface area contributed by atoms with E-state index in [1.807, 2.05) is 0 Å². The SMILES string of the molecule is CNC1C(O)C(O)C(CO)OC1C1C(OC2C(O)C(O)C([NH+]=C(N)N)C(O)C2N=C(N)N)OC(C)C1(O)C=O. The Balaban J connectivity index is 2.05. The molecule has 17 N–H and O–H groups in total. The number of carbonyl (C=O) groups is 1. The fourth-order valence-corrected chi connectivity index (χ4v) is 5.60. The summed E-state index contributed by atoms with van der Waals surface area (Å²) in [6.07, 6.45) is -15.0. The number of hydrogen-bond acceptors (Lipinski definition) is 13. The van der Waals surface area contributed by atoms with Gasteiger partial charge < -0.3 is 71.5 Å². The van der Waals surface area contributed by atoms with Crippen LogP contribution in [0.1, 0.15) is 6.92 Å². The zero-order chi connectivity index (χ0) is 29.4. The number of carbonyl (C=O) groups excluding carboxylic acids is 1. The van der Waals surface area contributed by atoms with E-state index < -0.39 is 103 Å². The highest BCUT2D eigenvalue weighted by molar-refractivity contribution is 5.76. The van der Waals surface area contributed by atoms with Crippen LogP contribution in [0, 0.1) is 5.92 Å². The van der Waals surface area contributed by atoms with Gasteiger partial charge in [0.05, 0.1) is 30.8 Å². The van der Waals surface area contributed by atoms with E-state index in [9.17, 15) is 40.5 Å². The first-order valence-corrected chi connectivity index (χ1v) is 12.3. The minimum atomic E-state index is -2.29. The number of nitrogens with two attached hydrogens (primary N) is 4. The summed E-state index contributed by atoms with van der Waals surface area (Å²) in [5, 5.41) is 77.5. The molecule has 3 fully saturated rings. The predicted octanol–water partition coefficient (Wildman–Crippen LogP) is -9.81. The van der Waals surface area contributed by atoms with Crippen LogP contribution >= 0.6 is 0 Å². The van der Waals surface area contributed by atoms with Crippen molar-refractivity contribution in [1.29, 1.82) is 0 Å². The van der Waals surface area contributed by atoms with Crippen LogP contribution in [0.3, 0.4) is 0 Å². The van der Waals surface area contributed by atoms with E-state index >= 15 is 0 Å². The molecule has 2 aliphatic heterocycles. The van der Waals surface area contributed by atoms with Gasteiger partial charge in [0.25, 0.3) is 0 Å². The van der Waals surface area contributed by atoms with Crippen molar-refractivity contribution in [2.24, 2.45) is 33.8 Å². The van der Waals surface area contributed by atoms with Crippen LogP contribution in [-0.4, -0.2) is 153 Å². The lowest BCUT2D eigenvalue weighted by Gasteiger charge is -2.48. The third-order valence-corrected chi connectivity index (χ3v) is 7.69. The zero-order valence-corrected chi connectivity index (χ0v) is 21.4. The van der Waals surface area contributed by atoms with E-state index in [1.54, 1.807) is 0 Å². The fourth-order valence-electron chi connectivity index (χ4n) is 5.60. The smallest absolute Gasteiger partial charge is 0.339 e. The van der Waals surface area contributed by atoms with Crippen LogP contribution in [0.4, 0.5) is 0 Å².